The Kier molecular flexibility index (Phi) is 7.80. The van der Waals surface area contributed by atoms with E-state index in [1.807, 2.05) is 53.9 Å². The van der Waals surface area contributed by atoms with Crippen molar-refractivity contribution in [1.82, 2.24) is 4.90 Å². The minimum absolute atomic E-state index is 0.0853. The maximum absolute atomic E-state index is 12.8. The molecule has 5 rings (SSSR count). The van der Waals surface area contributed by atoms with E-state index in [2.05, 4.69) is 37.9 Å². The van der Waals surface area contributed by atoms with Crippen LogP contribution in [0, 0.1) is 5.41 Å². The number of fused-ring (bicyclic) bond motifs is 1. The van der Waals surface area contributed by atoms with E-state index in [-0.39, 0.29) is 16.8 Å². The molecule has 1 amide bonds. The van der Waals surface area contributed by atoms with Crippen LogP contribution in [-0.4, -0.2) is 42.1 Å². The molecule has 7 nitrogen and oxygen atoms in total. The van der Waals surface area contributed by atoms with Gasteiger partial charge in [0.1, 0.15) is 24.8 Å². The molecule has 1 N–H and O–H groups in total. The lowest BCUT2D eigenvalue weighted by atomic mass is 9.87. The number of carbonyl (C=O) groups excluding carboxylic acids is 1. The second-order valence-corrected chi connectivity index (χ2v) is 11.1. The van der Waals surface area contributed by atoms with Gasteiger partial charge in [0.05, 0.1) is 18.4 Å². The zero-order valence-electron chi connectivity index (χ0n) is 22.9. The predicted molar refractivity (Wildman–Crippen MR) is 161 cm³/mol. The minimum atomic E-state index is -0.446. The average molecular weight is 554 g/mol. The first-order chi connectivity index (χ1) is 19.2. The fraction of sp³-hybridized carbons (Fsp3) is 0.219. The number of ether oxygens (including phenoxy) is 3. The van der Waals surface area contributed by atoms with Crippen molar-refractivity contribution in [3.05, 3.63) is 100 Å². The van der Waals surface area contributed by atoms with Gasteiger partial charge in [-0.25, -0.2) is 0 Å². The van der Waals surface area contributed by atoms with E-state index < -0.39 is 5.91 Å². The number of methoxy groups -OCH3 is 1. The molecule has 40 heavy (non-hydrogen) atoms. The summed E-state index contributed by atoms with van der Waals surface area (Å²) in [5.41, 5.74) is 4.02. The van der Waals surface area contributed by atoms with Crippen LogP contribution >= 0.6 is 11.8 Å². The summed E-state index contributed by atoms with van der Waals surface area (Å²) in [5, 5.41) is 11.2. The SMILES string of the molecule is COc1cc(C=C2C(=N)N3C(c4ccccc4)=CSC3=NC2=O)ccc1OCCOc1ccc(C(C)(C)C)cc1. The third kappa shape index (κ3) is 5.82. The first-order valence-corrected chi connectivity index (χ1v) is 13.8. The zero-order chi connectivity index (χ0) is 28.3. The second kappa shape index (κ2) is 11.4. The molecule has 0 fully saturated rings. The highest BCUT2D eigenvalue weighted by Crippen LogP contribution is 2.38. The van der Waals surface area contributed by atoms with Crippen molar-refractivity contribution >= 4 is 40.4 Å². The molecular formula is C32H31N3O4S. The number of amides is 1. The molecule has 2 aliphatic heterocycles. The number of thioether (sulfide) groups is 1. The lowest BCUT2D eigenvalue weighted by Gasteiger charge is -2.27. The Hall–Kier alpha value is -4.30. The topological polar surface area (TPSA) is 84.2 Å². The van der Waals surface area contributed by atoms with E-state index in [0.29, 0.717) is 35.4 Å². The summed E-state index contributed by atoms with van der Waals surface area (Å²) >= 11 is 1.34. The largest absolute Gasteiger partial charge is 0.493 e. The number of aliphatic imine (C=N–C) groups is 1. The predicted octanol–water partition coefficient (Wildman–Crippen LogP) is 6.75. The first kappa shape index (κ1) is 27.3. The van der Waals surface area contributed by atoms with Crippen molar-refractivity contribution in [2.45, 2.75) is 26.2 Å². The van der Waals surface area contributed by atoms with Crippen LogP contribution in [0.1, 0.15) is 37.5 Å². The van der Waals surface area contributed by atoms with Crippen LogP contribution in [0.2, 0.25) is 0 Å². The average Bonchev–Trinajstić information content (AvgIpc) is 3.38. The zero-order valence-corrected chi connectivity index (χ0v) is 23.7. The number of hydrogen-bond donors (Lipinski definition) is 1. The van der Waals surface area contributed by atoms with Crippen LogP contribution in [0.25, 0.3) is 11.8 Å². The molecule has 3 aromatic rings. The van der Waals surface area contributed by atoms with Crippen LogP contribution in [-0.2, 0) is 10.2 Å². The van der Waals surface area contributed by atoms with Crippen LogP contribution in [0.5, 0.6) is 17.2 Å². The van der Waals surface area contributed by atoms with E-state index in [9.17, 15) is 4.79 Å². The molecule has 2 aliphatic rings. The van der Waals surface area contributed by atoms with Crippen LogP contribution in [0.4, 0.5) is 0 Å². The Morgan fingerprint density at radius 1 is 0.950 bits per heavy atom. The van der Waals surface area contributed by atoms with Gasteiger partial charge >= 0.3 is 0 Å². The Labute approximate surface area is 238 Å². The first-order valence-electron chi connectivity index (χ1n) is 12.9. The maximum Gasteiger partial charge on any atom is 0.283 e. The fourth-order valence-corrected chi connectivity index (χ4v) is 5.23. The normalized spacial score (nSPS) is 16.0. The highest BCUT2D eigenvalue weighted by molar-refractivity contribution is 8.17. The summed E-state index contributed by atoms with van der Waals surface area (Å²) in [5.74, 6) is 1.51. The third-order valence-electron chi connectivity index (χ3n) is 6.51. The number of rotatable bonds is 8. The minimum Gasteiger partial charge on any atom is -0.493 e. The van der Waals surface area contributed by atoms with Gasteiger partial charge in [0.2, 0.25) is 0 Å². The van der Waals surface area contributed by atoms with Crippen molar-refractivity contribution in [3.63, 3.8) is 0 Å². The molecular weight excluding hydrogens is 522 g/mol. The smallest absolute Gasteiger partial charge is 0.283 e. The monoisotopic (exact) mass is 553 g/mol. The Morgan fingerprint density at radius 2 is 1.68 bits per heavy atom. The van der Waals surface area contributed by atoms with Gasteiger partial charge in [-0.3, -0.25) is 15.1 Å². The number of amidine groups is 2. The van der Waals surface area contributed by atoms with Crippen LogP contribution in [0.3, 0.4) is 0 Å². The second-order valence-electron chi connectivity index (χ2n) is 10.3. The van der Waals surface area contributed by atoms with Crippen molar-refractivity contribution in [3.8, 4) is 17.2 Å². The van der Waals surface area contributed by atoms with E-state index in [1.54, 1.807) is 30.2 Å². The van der Waals surface area contributed by atoms with Gasteiger partial charge in [-0.2, -0.15) is 4.99 Å². The van der Waals surface area contributed by atoms with Gasteiger partial charge in [-0.05, 0) is 52.4 Å². The summed E-state index contributed by atoms with van der Waals surface area (Å²) < 4.78 is 17.3. The van der Waals surface area contributed by atoms with Gasteiger partial charge in [-0.15, -0.1) is 0 Å². The summed E-state index contributed by atoms with van der Waals surface area (Å²) in [7, 11) is 1.56. The molecule has 0 atom stereocenters. The van der Waals surface area contributed by atoms with E-state index in [0.717, 1.165) is 17.0 Å². The highest BCUT2D eigenvalue weighted by Gasteiger charge is 2.36. The fourth-order valence-electron chi connectivity index (χ4n) is 4.34. The van der Waals surface area contributed by atoms with Crippen molar-refractivity contribution in [1.29, 1.82) is 5.41 Å². The summed E-state index contributed by atoms with van der Waals surface area (Å²) in [6.07, 6.45) is 1.66. The third-order valence-corrected chi connectivity index (χ3v) is 7.34. The van der Waals surface area contributed by atoms with E-state index in [4.69, 9.17) is 19.6 Å². The molecule has 204 valence electrons. The molecule has 0 unspecified atom stereocenters. The van der Waals surface area contributed by atoms with Crippen LogP contribution in [0.15, 0.2) is 88.8 Å². The summed E-state index contributed by atoms with van der Waals surface area (Å²) in [6, 6.07) is 23.3. The molecule has 8 heteroatoms. The molecule has 0 aromatic heterocycles. The highest BCUT2D eigenvalue weighted by atomic mass is 32.2. The summed E-state index contributed by atoms with van der Waals surface area (Å²) in [4.78, 5) is 18.8. The van der Waals surface area contributed by atoms with Crippen LogP contribution < -0.4 is 14.2 Å². The van der Waals surface area contributed by atoms with Crippen molar-refractivity contribution in [2.24, 2.45) is 4.99 Å². The molecule has 0 bridgehead atoms. The lowest BCUT2D eigenvalue weighted by Crippen LogP contribution is -2.38. The molecule has 0 saturated heterocycles. The lowest BCUT2D eigenvalue weighted by molar-refractivity contribution is -0.114. The van der Waals surface area contributed by atoms with Crippen molar-refractivity contribution in [2.75, 3.05) is 20.3 Å². The summed E-state index contributed by atoms with van der Waals surface area (Å²) in [6.45, 7) is 7.25. The van der Waals surface area contributed by atoms with Gasteiger partial charge in [-0.1, -0.05) is 81.1 Å². The number of benzene rings is 3. The molecule has 0 spiro atoms. The molecule has 0 saturated carbocycles. The Bertz CT molecular complexity index is 1520. The van der Waals surface area contributed by atoms with Gasteiger partial charge < -0.3 is 14.2 Å². The number of nitrogens with one attached hydrogen (secondary N) is 1. The quantitative estimate of drug-likeness (QED) is 0.245. The maximum atomic E-state index is 12.8. The number of hydrogen-bond acceptors (Lipinski definition) is 6. The molecule has 0 radical (unpaired) electrons. The van der Waals surface area contributed by atoms with Gasteiger partial charge in [0, 0.05) is 5.41 Å². The van der Waals surface area contributed by atoms with Crippen molar-refractivity contribution < 1.29 is 19.0 Å². The van der Waals surface area contributed by atoms with Gasteiger partial charge in [0.25, 0.3) is 5.91 Å². The van der Waals surface area contributed by atoms with Gasteiger partial charge in [0.15, 0.2) is 16.7 Å². The number of nitrogens with zero attached hydrogens (tertiary/aromatic N) is 2. The Balaban J connectivity index is 1.26. The number of carbonyl (C=O) groups is 1. The molecule has 3 aromatic carbocycles. The molecule has 0 aliphatic carbocycles. The Morgan fingerprint density at radius 3 is 2.38 bits per heavy atom. The van der Waals surface area contributed by atoms with E-state index in [1.165, 1.54) is 17.3 Å². The van der Waals surface area contributed by atoms with E-state index >= 15 is 0 Å². The molecule has 2 heterocycles. The standard InChI is InChI=1S/C32H31N3O4S/c1-32(2,3)23-11-13-24(14-12-23)38-16-17-39-27-15-10-21(19-28(27)37-4)18-25-29(33)35-26(22-8-6-5-7-9-22)20-40-31(35)34-30(25)36/h5-15,18-20,33H,16-17H2,1-4H3.